The third-order valence-electron chi connectivity index (χ3n) is 3.41. The Hall–Kier alpha value is -2.12. The van der Waals surface area contributed by atoms with Crippen molar-refractivity contribution in [2.45, 2.75) is 51.5 Å². The molecule has 1 atom stereocenters. The Morgan fingerprint density at radius 3 is 2.40 bits per heavy atom. The lowest BCUT2D eigenvalue weighted by Crippen LogP contribution is -2.35. The summed E-state index contributed by atoms with van der Waals surface area (Å²) in [6.45, 7) is 7.34. The minimum absolute atomic E-state index is 0.00303. The first-order chi connectivity index (χ1) is 11.4. The number of aromatic nitrogens is 1. The van der Waals surface area contributed by atoms with Crippen LogP contribution < -0.4 is 5.56 Å². The molecule has 0 spiro atoms. The van der Waals surface area contributed by atoms with E-state index in [2.05, 4.69) is 6.58 Å². The van der Waals surface area contributed by atoms with Crippen molar-refractivity contribution in [3.63, 3.8) is 0 Å². The van der Waals surface area contributed by atoms with E-state index < -0.39 is 41.4 Å². The van der Waals surface area contributed by atoms with Gasteiger partial charge in [-0.05, 0) is 32.8 Å². The van der Waals surface area contributed by atoms with Crippen LogP contribution in [0.5, 0.6) is 0 Å². The van der Waals surface area contributed by atoms with Crippen LogP contribution in [-0.2, 0) is 22.1 Å². The van der Waals surface area contributed by atoms with Crippen molar-refractivity contribution < 1.29 is 27.1 Å². The predicted octanol–water partition coefficient (Wildman–Crippen LogP) is 3.84. The van der Waals surface area contributed by atoms with Crippen LogP contribution >= 0.6 is 0 Å². The van der Waals surface area contributed by atoms with Crippen LogP contribution in [0.15, 0.2) is 29.7 Å². The summed E-state index contributed by atoms with van der Waals surface area (Å²) in [6.07, 6.45) is -3.12. The van der Waals surface area contributed by atoms with Crippen molar-refractivity contribution in [3.8, 4) is 0 Å². The standard InChI is InChI=1S/C17H21F4NO3/c1-5-7-11-10-22(14(23)8-12(11)17(19,20)21)13(9-16(3,4)18)15(24)25-6-2/h5,8,10,13H,1,6-7,9H2,2-4H3. The van der Waals surface area contributed by atoms with Gasteiger partial charge < -0.3 is 9.30 Å². The number of ether oxygens (including phenoxy) is 1. The van der Waals surface area contributed by atoms with E-state index >= 15 is 0 Å². The third-order valence-corrected chi connectivity index (χ3v) is 3.41. The largest absolute Gasteiger partial charge is 0.464 e. The van der Waals surface area contributed by atoms with Crippen molar-refractivity contribution in [3.05, 3.63) is 46.4 Å². The zero-order valence-corrected chi connectivity index (χ0v) is 14.3. The second kappa shape index (κ2) is 7.84. The molecule has 0 amide bonds. The lowest BCUT2D eigenvalue weighted by molar-refractivity contribution is -0.148. The van der Waals surface area contributed by atoms with Gasteiger partial charge in [-0.15, -0.1) is 6.58 Å². The van der Waals surface area contributed by atoms with Gasteiger partial charge in [-0.1, -0.05) is 6.08 Å². The van der Waals surface area contributed by atoms with Gasteiger partial charge in [0.25, 0.3) is 5.56 Å². The number of nitrogens with zero attached hydrogens (tertiary/aromatic N) is 1. The molecule has 0 aliphatic rings. The van der Waals surface area contributed by atoms with Gasteiger partial charge in [0, 0.05) is 18.7 Å². The van der Waals surface area contributed by atoms with Crippen LogP contribution in [0.4, 0.5) is 17.6 Å². The first kappa shape index (κ1) is 20.9. The maximum absolute atomic E-state index is 14.1. The first-order valence-electron chi connectivity index (χ1n) is 7.69. The van der Waals surface area contributed by atoms with Crippen molar-refractivity contribution in [1.29, 1.82) is 0 Å². The van der Waals surface area contributed by atoms with Gasteiger partial charge in [0.05, 0.1) is 12.2 Å². The summed E-state index contributed by atoms with van der Waals surface area (Å²) < 4.78 is 59.0. The lowest BCUT2D eigenvalue weighted by Gasteiger charge is -2.25. The first-order valence-corrected chi connectivity index (χ1v) is 7.69. The second-order valence-corrected chi connectivity index (χ2v) is 6.14. The van der Waals surface area contributed by atoms with Crippen LogP contribution in [0.25, 0.3) is 0 Å². The van der Waals surface area contributed by atoms with Gasteiger partial charge in [0.15, 0.2) is 0 Å². The van der Waals surface area contributed by atoms with Crippen LogP contribution in [0.2, 0.25) is 0 Å². The number of carbonyl (C=O) groups excluding carboxylic acids is 1. The monoisotopic (exact) mass is 363 g/mol. The van der Waals surface area contributed by atoms with E-state index in [-0.39, 0.29) is 18.6 Å². The normalized spacial score (nSPS) is 13.4. The van der Waals surface area contributed by atoms with Crippen LogP contribution in [0.1, 0.15) is 44.4 Å². The number of esters is 1. The summed E-state index contributed by atoms with van der Waals surface area (Å²) in [5.41, 5.74) is -4.22. The molecule has 1 rings (SSSR count). The van der Waals surface area contributed by atoms with E-state index in [0.29, 0.717) is 6.07 Å². The van der Waals surface area contributed by atoms with Crippen molar-refractivity contribution >= 4 is 5.97 Å². The lowest BCUT2D eigenvalue weighted by atomic mass is 9.99. The van der Waals surface area contributed by atoms with Crippen LogP contribution in [0, 0.1) is 0 Å². The molecule has 0 N–H and O–H groups in total. The zero-order chi connectivity index (χ0) is 19.4. The number of alkyl halides is 4. The van der Waals surface area contributed by atoms with Gasteiger partial charge >= 0.3 is 12.1 Å². The minimum atomic E-state index is -4.73. The molecule has 0 bridgehead atoms. The Bertz CT molecular complexity index is 687. The highest BCUT2D eigenvalue weighted by atomic mass is 19.4. The highest BCUT2D eigenvalue weighted by Crippen LogP contribution is 2.32. The Labute approximate surface area is 143 Å². The van der Waals surface area contributed by atoms with E-state index in [9.17, 15) is 27.2 Å². The number of pyridine rings is 1. The number of hydrogen-bond donors (Lipinski definition) is 0. The van der Waals surface area contributed by atoms with Crippen LogP contribution in [-0.4, -0.2) is 22.8 Å². The summed E-state index contributed by atoms with van der Waals surface area (Å²) in [4.78, 5) is 24.3. The number of allylic oxidation sites excluding steroid dienone is 1. The van der Waals surface area contributed by atoms with Gasteiger partial charge in [-0.3, -0.25) is 4.79 Å². The van der Waals surface area contributed by atoms with E-state index in [1.54, 1.807) is 0 Å². The fourth-order valence-corrected chi connectivity index (χ4v) is 2.41. The van der Waals surface area contributed by atoms with Crippen molar-refractivity contribution in [2.24, 2.45) is 0 Å². The molecule has 1 aromatic heterocycles. The average Bonchev–Trinajstić information content (AvgIpc) is 2.45. The molecule has 0 saturated carbocycles. The topological polar surface area (TPSA) is 48.3 Å². The molecule has 4 nitrogen and oxygen atoms in total. The second-order valence-electron chi connectivity index (χ2n) is 6.14. The van der Waals surface area contributed by atoms with E-state index in [1.165, 1.54) is 26.8 Å². The molecule has 8 heteroatoms. The predicted molar refractivity (Wildman–Crippen MR) is 85.1 cm³/mol. The molecular formula is C17H21F4NO3. The number of carbonyl (C=O) groups is 1. The maximum atomic E-state index is 14.1. The minimum Gasteiger partial charge on any atom is -0.464 e. The quantitative estimate of drug-likeness (QED) is 0.420. The Kier molecular flexibility index (Phi) is 6.56. The molecule has 0 saturated heterocycles. The summed E-state index contributed by atoms with van der Waals surface area (Å²) in [5, 5.41) is 0. The fourth-order valence-electron chi connectivity index (χ4n) is 2.41. The fraction of sp³-hybridized carbons (Fsp3) is 0.529. The number of rotatable bonds is 7. The summed E-state index contributed by atoms with van der Waals surface area (Å²) >= 11 is 0. The average molecular weight is 363 g/mol. The summed E-state index contributed by atoms with van der Waals surface area (Å²) in [7, 11) is 0. The molecule has 1 heterocycles. The Morgan fingerprint density at radius 2 is 1.96 bits per heavy atom. The maximum Gasteiger partial charge on any atom is 0.416 e. The molecule has 0 aliphatic carbocycles. The molecule has 0 fully saturated rings. The van der Waals surface area contributed by atoms with Gasteiger partial charge in [-0.25, -0.2) is 9.18 Å². The van der Waals surface area contributed by atoms with Crippen LogP contribution in [0.3, 0.4) is 0 Å². The summed E-state index contributed by atoms with van der Waals surface area (Å²) in [5.74, 6) is -0.875. The highest BCUT2D eigenvalue weighted by molar-refractivity contribution is 5.74. The van der Waals surface area contributed by atoms with E-state index in [1.807, 2.05) is 0 Å². The van der Waals surface area contributed by atoms with Gasteiger partial charge in [0.2, 0.25) is 0 Å². The SMILES string of the molecule is C=CCc1cn(C(CC(C)(C)F)C(=O)OCC)c(=O)cc1C(F)(F)F. The molecule has 140 valence electrons. The molecule has 0 radical (unpaired) electrons. The smallest absolute Gasteiger partial charge is 0.416 e. The summed E-state index contributed by atoms with van der Waals surface area (Å²) in [6, 6.07) is -0.950. The zero-order valence-electron chi connectivity index (χ0n) is 14.3. The third kappa shape index (κ3) is 5.72. The molecule has 1 unspecified atom stereocenters. The molecule has 1 aromatic rings. The molecular weight excluding hydrogens is 342 g/mol. The van der Waals surface area contributed by atoms with E-state index in [0.717, 1.165) is 10.8 Å². The van der Waals surface area contributed by atoms with Gasteiger partial charge in [-0.2, -0.15) is 13.2 Å². The van der Waals surface area contributed by atoms with Gasteiger partial charge in [0.1, 0.15) is 11.7 Å². The van der Waals surface area contributed by atoms with E-state index in [4.69, 9.17) is 4.74 Å². The number of halogens is 4. The molecule has 0 aromatic carbocycles. The highest BCUT2D eigenvalue weighted by Gasteiger charge is 2.36. The number of hydrogen-bond acceptors (Lipinski definition) is 3. The molecule has 0 aliphatic heterocycles. The molecule has 25 heavy (non-hydrogen) atoms. The van der Waals surface area contributed by atoms with Crippen molar-refractivity contribution in [2.75, 3.05) is 6.61 Å². The van der Waals surface area contributed by atoms with Crippen molar-refractivity contribution in [1.82, 2.24) is 4.57 Å². The Balaban J connectivity index is 3.53. The Morgan fingerprint density at radius 1 is 1.36 bits per heavy atom.